The van der Waals surface area contributed by atoms with E-state index in [0.29, 0.717) is 0 Å². The van der Waals surface area contributed by atoms with Gasteiger partial charge in [0.1, 0.15) is 5.75 Å². The lowest BCUT2D eigenvalue weighted by Gasteiger charge is -1.98. The van der Waals surface area contributed by atoms with Crippen molar-refractivity contribution in [1.29, 1.82) is 0 Å². The van der Waals surface area contributed by atoms with Crippen molar-refractivity contribution >= 4 is 18.0 Å². The Hall–Kier alpha value is -2.35. The van der Waals surface area contributed by atoms with Crippen LogP contribution in [-0.4, -0.2) is 13.3 Å². The number of hydrogen-bond acceptors (Lipinski definition) is 2. The average Bonchev–Trinajstić information content (AvgIpc) is 2.46. The minimum Gasteiger partial charge on any atom is -0.497 e. The largest absolute Gasteiger partial charge is 0.497 e. The van der Waals surface area contributed by atoms with E-state index >= 15 is 0 Å². The first-order valence-electron chi connectivity index (χ1n) is 6.20. The summed E-state index contributed by atoms with van der Waals surface area (Å²) in [6.45, 7) is 2.10. The summed E-state index contributed by atoms with van der Waals surface area (Å²) < 4.78 is 5.10. The van der Waals surface area contributed by atoms with Crippen molar-refractivity contribution in [2.75, 3.05) is 7.11 Å². The Morgan fingerprint density at radius 2 is 1.74 bits per heavy atom. The van der Waals surface area contributed by atoms with E-state index in [4.69, 9.17) is 4.74 Å². The molecule has 0 aliphatic carbocycles. The molecule has 2 heteroatoms. The van der Waals surface area contributed by atoms with E-state index in [1.54, 1.807) is 13.3 Å². The number of benzene rings is 2. The van der Waals surface area contributed by atoms with Gasteiger partial charge in [0.25, 0.3) is 0 Å². The van der Waals surface area contributed by atoms with Gasteiger partial charge in [-0.15, -0.1) is 0 Å². The third kappa shape index (κ3) is 3.81. The summed E-state index contributed by atoms with van der Waals surface area (Å²) in [7, 11) is 1.66. The number of ether oxygens (including phenoxy) is 1. The molecule has 0 radical (unpaired) electrons. The quantitative estimate of drug-likeness (QED) is 0.737. The SMILES string of the molecule is COc1ccc(N=C/C=C/c2ccccc2C)cc1. The van der Waals surface area contributed by atoms with Crippen LogP contribution in [0, 0.1) is 6.92 Å². The van der Waals surface area contributed by atoms with E-state index in [1.165, 1.54) is 11.1 Å². The second-order valence-electron chi connectivity index (χ2n) is 4.19. The first-order valence-corrected chi connectivity index (χ1v) is 6.20. The van der Waals surface area contributed by atoms with Crippen LogP contribution >= 0.6 is 0 Å². The van der Waals surface area contributed by atoms with Gasteiger partial charge in [-0.1, -0.05) is 30.3 Å². The summed E-state index contributed by atoms with van der Waals surface area (Å²) in [5.74, 6) is 0.842. The summed E-state index contributed by atoms with van der Waals surface area (Å²) in [4.78, 5) is 4.36. The molecular weight excluding hydrogens is 234 g/mol. The predicted octanol–water partition coefficient (Wildman–Crippen LogP) is 4.42. The third-order valence-corrected chi connectivity index (χ3v) is 2.85. The van der Waals surface area contributed by atoms with E-state index in [1.807, 2.05) is 42.5 Å². The molecule has 0 atom stereocenters. The molecule has 0 unspecified atom stereocenters. The standard InChI is InChI=1S/C17H17NO/c1-14-6-3-4-7-15(14)8-5-13-18-16-9-11-17(19-2)12-10-16/h3-13H,1-2H3/b8-5+,18-13?. The number of aryl methyl sites for hydroxylation is 1. The molecule has 0 fully saturated rings. The van der Waals surface area contributed by atoms with E-state index in [2.05, 4.69) is 30.1 Å². The van der Waals surface area contributed by atoms with Gasteiger partial charge in [-0.05, 0) is 48.4 Å². The predicted molar refractivity (Wildman–Crippen MR) is 81.4 cm³/mol. The van der Waals surface area contributed by atoms with E-state index in [0.717, 1.165) is 11.4 Å². The second-order valence-corrected chi connectivity index (χ2v) is 4.19. The van der Waals surface area contributed by atoms with Gasteiger partial charge in [0.2, 0.25) is 0 Å². The number of hydrogen-bond donors (Lipinski definition) is 0. The van der Waals surface area contributed by atoms with Gasteiger partial charge in [0.15, 0.2) is 0 Å². The molecule has 2 aromatic rings. The fourth-order valence-electron chi connectivity index (χ4n) is 1.72. The maximum absolute atomic E-state index is 5.10. The molecule has 0 aliphatic heterocycles. The minimum absolute atomic E-state index is 0.842. The zero-order chi connectivity index (χ0) is 13.5. The smallest absolute Gasteiger partial charge is 0.119 e. The molecular formula is C17H17NO. The Labute approximate surface area is 114 Å². The van der Waals surface area contributed by atoms with Crippen molar-refractivity contribution in [1.82, 2.24) is 0 Å². The van der Waals surface area contributed by atoms with Crippen molar-refractivity contribution in [2.24, 2.45) is 4.99 Å². The van der Waals surface area contributed by atoms with Crippen molar-refractivity contribution < 1.29 is 4.74 Å². The van der Waals surface area contributed by atoms with Gasteiger partial charge in [0.05, 0.1) is 12.8 Å². The van der Waals surface area contributed by atoms with E-state index in [-0.39, 0.29) is 0 Å². The van der Waals surface area contributed by atoms with Crippen LogP contribution in [0.2, 0.25) is 0 Å². The minimum atomic E-state index is 0.842. The Bertz CT molecular complexity index is 582. The van der Waals surface area contributed by atoms with Crippen LogP contribution in [-0.2, 0) is 0 Å². The topological polar surface area (TPSA) is 21.6 Å². The molecule has 19 heavy (non-hydrogen) atoms. The van der Waals surface area contributed by atoms with Gasteiger partial charge < -0.3 is 4.74 Å². The molecule has 0 N–H and O–H groups in total. The molecule has 0 amide bonds. The maximum Gasteiger partial charge on any atom is 0.119 e. The molecule has 2 nitrogen and oxygen atoms in total. The second kappa shape index (κ2) is 6.55. The average molecular weight is 251 g/mol. The van der Waals surface area contributed by atoms with E-state index in [9.17, 15) is 0 Å². The van der Waals surface area contributed by atoms with Crippen LogP contribution in [0.5, 0.6) is 5.75 Å². The Morgan fingerprint density at radius 1 is 1.00 bits per heavy atom. The Morgan fingerprint density at radius 3 is 2.42 bits per heavy atom. The van der Waals surface area contributed by atoms with Gasteiger partial charge in [0, 0.05) is 6.21 Å². The molecule has 0 saturated heterocycles. The zero-order valence-electron chi connectivity index (χ0n) is 11.2. The molecule has 0 saturated carbocycles. The summed E-state index contributed by atoms with van der Waals surface area (Å²) in [6.07, 6.45) is 5.81. The number of rotatable bonds is 4. The molecule has 96 valence electrons. The lowest BCUT2D eigenvalue weighted by molar-refractivity contribution is 0.415. The number of aliphatic imine (C=N–C) groups is 1. The van der Waals surface area contributed by atoms with E-state index < -0.39 is 0 Å². The van der Waals surface area contributed by atoms with Crippen LogP contribution in [0.3, 0.4) is 0 Å². The first-order chi connectivity index (χ1) is 9.29. The maximum atomic E-state index is 5.10. The number of allylic oxidation sites excluding steroid dienone is 1. The molecule has 0 aliphatic rings. The number of methoxy groups -OCH3 is 1. The van der Waals surface area contributed by atoms with Crippen molar-refractivity contribution in [3.8, 4) is 5.75 Å². The van der Waals surface area contributed by atoms with Crippen LogP contribution in [0.25, 0.3) is 6.08 Å². The summed E-state index contributed by atoms with van der Waals surface area (Å²) in [6, 6.07) is 15.9. The highest BCUT2D eigenvalue weighted by atomic mass is 16.5. The normalized spacial score (nSPS) is 11.3. The molecule has 0 bridgehead atoms. The van der Waals surface area contributed by atoms with Crippen molar-refractivity contribution in [2.45, 2.75) is 6.92 Å². The molecule has 0 spiro atoms. The molecule has 0 aromatic heterocycles. The van der Waals surface area contributed by atoms with Crippen molar-refractivity contribution in [3.63, 3.8) is 0 Å². The molecule has 2 rings (SSSR count). The van der Waals surface area contributed by atoms with Crippen LogP contribution < -0.4 is 4.74 Å². The first kappa shape index (κ1) is 13.1. The highest BCUT2D eigenvalue weighted by Gasteiger charge is 1.91. The fourth-order valence-corrected chi connectivity index (χ4v) is 1.72. The van der Waals surface area contributed by atoms with Gasteiger partial charge in [-0.2, -0.15) is 0 Å². The fraction of sp³-hybridized carbons (Fsp3) is 0.118. The van der Waals surface area contributed by atoms with Crippen LogP contribution in [0.4, 0.5) is 5.69 Å². The summed E-state index contributed by atoms with van der Waals surface area (Å²) >= 11 is 0. The summed E-state index contributed by atoms with van der Waals surface area (Å²) in [5.41, 5.74) is 3.38. The number of nitrogens with zero attached hydrogens (tertiary/aromatic N) is 1. The lowest BCUT2D eigenvalue weighted by atomic mass is 10.1. The van der Waals surface area contributed by atoms with Gasteiger partial charge in [-0.25, -0.2) is 0 Å². The van der Waals surface area contributed by atoms with Gasteiger partial charge in [-0.3, -0.25) is 4.99 Å². The van der Waals surface area contributed by atoms with Gasteiger partial charge >= 0.3 is 0 Å². The third-order valence-electron chi connectivity index (χ3n) is 2.85. The van der Waals surface area contributed by atoms with Crippen LogP contribution in [0.1, 0.15) is 11.1 Å². The summed E-state index contributed by atoms with van der Waals surface area (Å²) in [5, 5.41) is 0. The Balaban J connectivity index is 2.01. The van der Waals surface area contributed by atoms with Crippen LogP contribution in [0.15, 0.2) is 59.6 Å². The highest BCUT2D eigenvalue weighted by molar-refractivity contribution is 5.80. The monoisotopic (exact) mass is 251 g/mol. The molecule has 0 heterocycles. The lowest BCUT2D eigenvalue weighted by Crippen LogP contribution is -1.80. The highest BCUT2D eigenvalue weighted by Crippen LogP contribution is 2.17. The van der Waals surface area contributed by atoms with Crippen molar-refractivity contribution in [3.05, 3.63) is 65.7 Å². The Kier molecular flexibility index (Phi) is 4.51. The zero-order valence-corrected chi connectivity index (χ0v) is 11.2. The molecule has 2 aromatic carbocycles.